The number of nitro groups is 1. The van der Waals surface area contributed by atoms with Crippen molar-refractivity contribution in [2.45, 2.75) is 6.92 Å². The summed E-state index contributed by atoms with van der Waals surface area (Å²) in [5.41, 5.74) is 3.51. The Morgan fingerprint density at radius 2 is 1.55 bits per heavy atom. The molecule has 3 aromatic carbocycles. The summed E-state index contributed by atoms with van der Waals surface area (Å²) in [5, 5.41) is 13.7. The van der Waals surface area contributed by atoms with Crippen LogP contribution >= 0.6 is 0 Å². The predicted octanol–water partition coefficient (Wildman–Crippen LogP) is 4.12. The number of nitro benzene ring substituents is 1. The molecule has 4 rings (SSSR count). The number of rotatable bonds is 5. The van der Waals surface area contributed by atoms with Gasteiger partial charge in [0.25, 0.3) is 17.5 Å². The highest BCUT2D eigenvalue weighted by atomic mass is 16.6. The van der Waals surface area contributed by atoms with E-state index in [4.69, 9.17) is 0 Å². The summed E-state index contributed by atoms with van der Waals surface area (Å²) in [4.78, 5) is 39.9. The number of piperazine rings is 1. The summed E-state index contributed by atoms with van der Waals surface area (Å²) in [6.07, 6.45) is 0. The molecule has 1 fully saturated rings. The first-order chi connectivity index (χ1) is 15.9. The van der Waals surface area contributed by atoms with E-state index in [1.807, 2.05) is 19.1 Å². The molecule has 1 N–H and O–H groups in total. The molecule has 0 saturated carbocycles. The van der Waals surface area contributed by atoms with Crippen LogP contribution in [-0.4, -0.2) is 47.8 Å². The second-order valence-corrected chi connectivity index (χ2v) is 7.90. The summed E-state index contributed by atoms with van der Waals surface area (Å²) < 4.78 is 0. The van der Waals surface area contributed by atoms with Gasteiger partial charge in [0.1, 0.15) is 0 Å². The molecule has 0 atom stereocenters. The van der Waals surface area contributed by atoms with Gasteiger partial charge in [-0.3, -0.25) is 19.7 Å². The van der Waals surface area contributed by atoms with Crippen molar-refractivity contribution in [3.8, 4) is 0 Å². The average Bonchev–Trinajstić information content (AvgIpc) is 2.85. The smallest absolute Gasteiger partial charge is 0.269 e. The minimum Gasteiger partial charge on any atom is -0.368 e. The maximum atomic E-state index is 13.1. The average molecular weight is 444 g/mol. The lowest BCUT2D eigenvalue weighted by Gasteiger charge is -2.36. The maximum absolute atomic E-state index is 13.1. The van der Waals surface area contributed by atoms with E-state index in [9.17, 15) is 19.7 Å². The summed E-state index contributed by atoms with van der Waals surface area (Å²) >= 11 is 0. The third-order valence-electron chi connectivity index (χ3n) is 5.76. The van der Waals surface area contributed by atoms with Crippen molar-refractivity contribution in [2.75, 3.05) is 36.4 Å². The third-order valence-corrected chi connectivity index (χ3v) is 5.76. The van der Waals surface area contributed by atoms with Gasteiger partial charge in [-0.25, -0.2) is 0 Å². The van der Waals surface area contributed by atoms with Gasteiger partial charge in [-0.05, 0) is 48.9 Å². The van der Waals surface area contributed by atoms with Gasteiger partial charge in [-0.15, -0.1) is 0 Å². The maximum Gasteiger partial charge on any atom is 0.269 e. The summed E-state index contributed by atoms with van der Waals surface area (Å²) in [6, 6.07) is 20.7. The van der Waals surface area contributed by atoms with Crippen LogP contribution in [0, 0.1) is 17.0 Å². The Balaban J connectivity index is 1.41. The van der Waals surface area contributed by atoms with Crippen LogP contribution in [0.1, 0.15) is 26.3 Å². The number of nitrogens with zero attached hydrogens (tertiary/aromatic N) is 3. The first-order valence-corrected chi connectivity index (χ1v) is 10.7. The first kappa shape index (κ1) is 22.0. The van der Waals surface area contributed by atoms with Crippen molar-refractivity contribution in [3.05, 3.63) is 99.6 Å². The van der Waals surface area contributed by atoms with E-state index in [-0.39, 0.29) is 17.5 Å². The van der Waals surface area contributed by atoms with E-state index in [2.05, 4.69) is 10.2 Å². The number of carbonyl (C=O) groups excluding carboxylic acids is 2. The van der Waals surface area contributed by atoms with E-state index >= 15 is 0 Å². The van der Waals surface area contributed by atoms with Gasteiger partial charge in [0.05, 0.1) is 4.92 Å². The van der Waals surface area contributed by atoms with Crippen molar-refractivity contribution in [1.29, 1.82) is 0 Å². The fourth-order valence-electron chi connectivity index (χ4n) is 3.81. The van der Waals surface area contributed by atoms with Crippen LogP contribution in [0.2, 0.25) is 0 Å². The Morgan fingerprint density at radius 1 is 0.879 bits per heavy atom. The monoisotopic (exact) mass is 444 g/mol. The number of anilines is 2. The zero-order valence-electron chi connectivity index (χ0n) is 18.2. The van der Waals surface area contributed by atoms with Crippen LogP contribution < -0.4 is 10.2 Å². The summed E-state index contributed by atoms with van der Waals surface area (Å²) in [6.45, 7) is 4.22. The number of carbonyl (C=O) groups is 2. The first-order valence-electron chi connectivity index (χ1n) is 10.7. The number of benzene rings is 3. The second kappa shape index (κ2) is 9.52. The zero-order chi connectivity index (χ0) is 23.4. The summed E-state index contributed by atoms with van der Waals surface area (Å²) in [5.74, 6) is -0.312. The van der Waals surface area contributed by atoms with E-state index in [0.29, 0.717) is 43.0 Å². The van der Waals surface area contributed by atoms with Gasteiger partial charge in [0.15, 0.2) is 0 Å². The highest BCUT2D eigenvalue weighted by Gasteiger charge is 2.23. The van der Waals surface area contributed by atoms with Gasteiger partial charge < -0.3 is 15.1 Å². The Kier molecular flexibility index (Phi) is 6.35. The van der Waals surface area contributed by atoms with Gasteiger partial charge in [-0.1, -0.05) is 24.3 Å². The predicted molar refractivity (Wildman–Crippen MR) is 127 cm³/mol. The van der Waals surface area contributed by atoms with Crippen LogP contribution in [-0.2, 0) is 0 Å². The van der Waals surface area contributed by atoms with Crippen molar-refractivity contribution in [1.82, 2.24) is 4.90 Å². The van der Waals surface area contributed by atoms with E-state index < -0.39 is 4.92 Å². The van der Waals surface area contributed by atoms with E-state index in [1.54, 1.807) is 53.4 Å². The van der Waals surface area contributed by atoms with Crippen molar-refractivity contribution in [2.24, 2.45) is 0 Å². The molecule has 1 heterocycles. The molecule has 1 aliphatic heterocycles. The molecule has 8 heteroatoms. The highest BCUT2D eigenvalue weighted by Crippen LogP contribution is 2.23. The van der Waals surface area contributed by atoms with Gasteiger partial charge >= 0.3 is 0 Å². The number of nitrogens with one attached hydrogen (secondary N) is 1. The van der Waals surface area contributed by atoms with Crippen molar-refractivity contribution >= 4 is 28.9 Å². The van der Waals surface area contributed by atoms with Crippen LogP contribution in [0.5, 0.6) is 0 Å². The second-order valence-electron chi connectivity index (χ2n) is 7.90. The van der Waals surface area contributed by atoms with Gasteiger partial charge in [0.2, 0.25) is 0 Å². The molecule has 33 heavy (non-hydrogen) atoms. The molecular weight excluding hydrogens is 420 g/mol. The molecule has 8 nitrogen and oxygen atoms in total. The third kappa shape index (κ3) is 5.01. The molecule has 0 bridgehead atoms. The quantitative estimate of drug-likeness (QED) is 0.472. The Hall–Kier alpha value is -4.20. The molecule has 3 aromatic rings. The molecule has 2 amide bonds. The molecule has 0 unspecified atom stereocenters. The lowest BCUT2D eigenvalue weighted by atomic mass is 10.1. The van der Waals surface area contributed by atoms with Crippen LogP contribution in [0.3, 0.4) is 0 Å². The van der Waals surface area contributed by atoms with Crippen LogP contribution in [0.15, 0.2) is 72.8 Å². The van der Waals surface area contributed by atoms with Gasteiger partial charge in [-0.2, -0.15) is 0 Å². The Bertz CT molecular complexity index is 1170. The molecule has 0 radical (unpaired) electrons. The van der Waals surface area contributed by atoms with Gasteiger partial charge in [0, 0.05) is 60.8 Å². The fraction of sp³-hybridized carbons (Fsp3) is 0.200. The molecular formula is C25H24N4O4. The lowest BCUT2D eigenvalue weighted by Crippen LogP contribution is -2.48. The number of hydrogen-bond donors (Lipinski definition) is 1. The van der Waals surface area contributed by atoms with Crippen molar-refractivity contribution in [3.63, 3.8) is 0 Å². The molecule has 0 aliphatic carbocycles. The summed E-state index contributed by atoms with van der Waals surface area (Å²) in [7, 11) is 0. The molecule has 168 valence electrons. The molecule has 0 spiro atoms. The molecule has 0 aromatic heterocycles. The van der Waals surface area contributed by atoms with Crippen LogP contribution in [0.25, 0.3) is 0 Å². The molecule has 1 saturated heterocycles. The van der Waals surface area contributed by atoms with Crippen molar-refractivity contribution < 1.29 is 14.5 Å². The highest BCUT2D eigenvalue weighted by molar-refractivity contribution is 6.05. The number of hydrogen-bond acceptors (Lipinski definition) is 5. The minimum atomic E-state index is -0.418. The number of amides is 2. The largest absolute Gasteiger partial charge is 0.368 e. The SMILES string of the molecule is Cc1ccc(C(=O)N2CCN(c3ccc([N+](=O)[O-])cc3)CC2)cc1NC(=O)c1ccccc1. The normalized spacial score (nSPS) is 13.5. The zero-order valence-corrected chi connectivity index (χ0v) is 18.2. The minimum absolute atomic E-state index is 0.0575. The standard InChI is InChI=1S/C25H24N4O4/c1-18-7-8-20(17-23(18)26-24(30)19-5-3-2-4-6-19)25(31)28-15-13-27(14-16-28)21-9-11-22(12-10-21)29(32)33/h2-12,17H,13-16H2,1H3,(H,26,30). The molecule has 1 aliphatic rings. The number of aryl methyl sites for hydroxylation is 1. The van der Waals surface area contributed by atoms with E-state index in [1.165, 1.54) is 12.1 Å². The number of non-ortho nitro benzene ring substituents is 1. The fourth-order valence-corrected chi connectivity index (χ4v) is 3.81. The Labute approximate surface area is 191 Å². The topological polar surface area (TPSA) is 95.8 Å². The van der Waals surface area contributed by atoms with E-state index in [0.717, 1.165) is 11.3 Å². The Morgan fingerprint density at radius 3 is 2.18 bits per heavy atom. The van der Waals surface area contributed by atoms with Crippen LogP contribution in [0.4, 0.5) is 17.1 Å². The lowest BCUT2D eigenvalue weighted by molar-refractivity contribution is -0.384.